The number of piperazine rings is 1. The molecular weight excluding hydrogens is 310 g/mol. The molecule has 126 valence electrons. The van der Waals surface area contributed by atoms with Crippen molar-refractivity contribution in [1.29, 1.82) is 5.26 Å². The molecule has 8 heteroatoms. The summed E-state index contributed by atoms with van der Waals surface area (Å²) in [7, 11) is 0. The van der Waals surface area contributed by atoms with Crippen LogP contribution < -0.4 is 5.32 Å². The fourth-order valence-corrected chi connectivity index (χ4v) is 2.39. The number of nitro benzene ring substituents is 1. The van der Waals surface area contributed by atoms with Gasteiger partial charge in [-0.05, 0) is 18.7 Å². The minimum Gasteiger partial charge on any atom is -0.374 e. The van der Waals surface area contributed by atoms with Gasteiger partial charge in [-0.1, -0.05) is 6.92 Å². The molecule has 0 saturated carbocycles. The Morgan fingerprint density at radius 1 is 1.33 bits per heavy atom. The van der Waals surface area contributed by atoms with Gasteiger partial charge in [-0.15, -0.1) is 0 Å². The number of nitro groups is 1. The van der Waals surface area contributed by atoms with Crippen LogP contribution >= 0.6 is 0 Å². The van der Waals surface area contributed by atoms with Crippen LogP contribution in [-0.4, -0.2) is 53.4 Å². The van der Waals surface area contributed by atoms with Gasteiger partial charge in [-0.3, -0.25) is 14.9 Å². The lowest BCUT2D eigenvalue weighted by Crippen LogP contribution is -2.44. The SMILES string of the molecule is CCN1CCN(/C=C(/C#N)C(=O)Nc2ccc([N+](=O)[O-])cc2)CC1. The number of carbonyl (C=O) groups excluding carboxylic acids is 1. The van der Waals surface area contributed by atoms with Crippen molar-refractivity contribution >= 4 is 17.3 Å². The van der Waals surface area contributed by atoms with E-state index >= 15 is 0 Å². The van der Waals surface area contributed by atoms with Crippen molar-refractivity contribution in [2.75, 3.05) is 38.0 Å². The molecule has 1 aliphatic rings. The van der Waals surface area contributed by atoms with E-state index in [1.54, 1.807) is 6.20 Å². The molecular formula is C16H19N5O3. The Kier molecular flexibility index (Phi) is 5.87. The highest BCUT2D eigenvalue weighted by Gasteiger charge is 2.16. The highest BCUT2D eigenvalue weighted by Crippen LogP contribution is 2.16. The van der Waals surface area contributed by atoms with E-state index in [2.05, 4.69) is 17.1 Å². The number of likely N-dealkylation sites (N-methyl/N-ethyl adjacent to an activating group) is 1. The second kappa shape index (κ2) is 8.08. The lowest BCUT2D eigenvalue weighted by Gasteiger charge is -2.33. The number of nitriles is 1. The number of hydrogen-bond acceptors (Lipinski definition) is 6. The van der Waals surface area contributed by atoms with Gasteiger partial charge in [-0.25, -0.2) is 0 Å². The Morgan fingerprint density at radius 2 is 1.96 bits per heavy atom. The van der Waals surface area contributed by atoms with E-state index in [9.17, 15) is 20.2 Å². The van der Waals surface area contributed by atoms with E-state index in [0.717, 1.165) is 32.7 Å². The van der Waals surface area contributed by atoms with Crippen LogP contribution in [0.5, 0.6) is 0 Å². The Labute approximate surface area is 140 Å². The van der Waals surface area contributed by atoms with E-state index < -0.39 is 10.8 Å². The molecule has 2 rings (SSSR count). The van der Waals surface area contributed by atoms with Crippen molar-refractivity contribution in [1.82, 2.24) is 9.80 Å². The van der Waals surface area contributed by atoms with E-state index in [1.165, 1.54) is 24.3 Å². The molecule has 1 aliphatic heterocycles. The quantitative estimate of drug-likeness (QED) is 0.381. The zero-order chi connectivity index (χ0) is 17.5. The van der Waals surface area contributed by atoms with Gasteiger partial charge >= 0.3 is 0 Å². The highest BCUT2D eigenvalue weighted by atomic mass is 16.6. The first-order chi connectivity index (χ1) is 11.5. The third kappa shape index (κ3) is 4.54. The van der Waals surface area contributed by atoms with Crippen LogP contribution in [0.25, 0.3) is 0 Å². The van der Waals surface area contributed by atoms with Crippen molar-refractivity contribution < 1.29 is 9.72 Å². The molecule has 1 aromatic carbocycles. The molecule has 0 aliphatic carbocycles. The van der Waals surface area contributed by atoms with E-state index in [-0.39, 0.29) is 11.3 Å². The summed E-state index contributed by atoms with van der Waals surface area (Å²) in [5.41, 5.74) is 0.360. The van der Waals surface area contributed by atoms with Crippen molar-refractivity contribution in [2.45, 2.75) is 6.92 Å². The number of anilines is 1. The zero-order valence-electron chi connectivity index (χ0n) is 13.4. The van der Waals surface area contributed by atoms with Crippen LogP contribution in [0, 0.1) is 21.4 Å². The van der Waals surface area contributed by atoms with E-state index in [1.807, 2.05) is 11.0 Å². The number of hydrogen-bond donors (Lipinski definition) is 1. The summed E-state index contributed by atoms with van der Waals surface area (Å²) in [6.45, 7) is 6.42. The third-order valence-corrected chi connectivity index (χ3v) is 3.87. The van der Waals surface area contributed by atoms with Gasteiger partial charge in [0, 0.05) is 50.2 Å². The van der Waals surface area contributed by atoms with Crippen LogP contribution in [-0.2, 0) is 4.79 Å². The summed E-state index contributed by atoms with van der Waals surface area (Å²) in [5, 5.41) is 22.4. The van der Waals surface area contributed by atoms with Gasteiger partial charge in [0.2, 0.25) is 0 Å². The van der Waals surface area contributed by atoms with Gasteiger partial charge in [-0.2, -0.15) is 5.26 Å². The molecule has 0 aromatic heterocycles. The number of amides is 1. The number of carbonyl (C=O) groups is 1. The monoisotopic (exact) mass is 329 g/mol. The van der Waals surface area contributed by atoms with E-state index in [0.29, 0.717) is 5.69 Å². The number of nitrogens with one attached hydrogen (secondary N) is 1. The van der Waals surface area contributed by atoms with Crippen LogP contribution in [0.2, 0.25) is 0 Å². The first-order valence-corrected chi connectivity index (χ1v) is 7.67. The topological polar surface area (TPSA) is 103 Å². The molecule has 0 atom stereocenters. The summed E-state index contributed by atoms with van der Waals surface area (Å²) in [4.78, 5) is 26.5. The van der Waals surface area contributed by atoms with Gasteiger partial charge in [0.15, 0.2) is 0 Å². The van der Waals surface area contributed by atoms with Gasteiger partial charge in [0.05, 0.1) is 4.92 Å². The first-order valence-electron chi connectivity index (χ1n) is 7.67. The lowest BCUT2D eigenvalue weighted by molar-refractivity contribution is -0.384. The van der Waals surface area contributed by atoms with Gasteiger partial charge in [0.25, 0.3) is 11.6 Å². The Hall–Kier alpha value is -2.92. The molecule has 1 aromatic rings. The predicted molar refractivity (Wildman–Crippen MR) is 89.1 cm³/mol. The number of non-ortho nitro benzene ring substituents is 1. The molecule has 1 N–H and O–H groups in total. The smallest absolute Gasteiger partial charge is 0.269 e. The maximum absolute atomic E-state index is 12.2. The molecule has 0 unspecified atom stereocenters. The fraction of sp³-hybridized carbons (Fsp3) is 0.375. The second-order valence-corrected chi connectivity index (χ2v) is 5.38. The molecule has 24 heavy (non-hydrogen) atoms. The van der Waals surface area contributed by atoms with Gasteiger partial charge in [0.1, 0.15) is 11.6 Å². The Bertz CT molecular complexity index is 670. The van der Waals surface area contributed by atoms with Crippen molar-refractivity contribution in [3.63, 3.8) is 0 Å². The highest BCUT2D eigenvalue weighted by molar-refractivity contribution is 6.06. The Balaban J connectivity index is 2.00. The zero-order valence-corrected chi connectivity index (χ0v) is 13.4. The summed E-state index contributed by atoms with van der Waals surface area (Å²) < 4.78 is 0. The van der Waals surface area contributed by atoms with E-state index in [4.69, 9.17) is 0 Å². The second-order valence-electron chi connectivity index (χ2n) is 5.38. The average molecular weight is 329 g/mol. The van der Waals surface area contributed by atoms with Crippen LogP contribution in [0.3, 0.4) is 0 Å². The molecule has 1 amide bonds. The molecule has 0 spiro atoms. The molecule has 1 saturated heterocycles. The minimum atomic E-state index is -0.524. The number of benzene rings is 1. The van der Waals surface area contributed by atoms with Crippen molar-refractivity contribution in [3.8, 4) is 6.07 Å². The average Bonchev–Trinajstić information content (AvgIpc) is 2.60. The Morgan fingerprint density at radius 3 is 2.46 bits per heavy atom. The summed E-state index contributed by atoms with van der Waals surface area (Å²) >= 11 is 0. The van der Waals surface area contributed by atoms with Crippen LogP contribution in [0.4, 0.5) is 11.4 Å². The van der Waals surface area contributed by atoms with Crippen LogP contribution in [0.15, 0.2) is 36.0 Å². The standard InChI is InChI=1S/C16H19N5O3/c1-2-19-7-9-20(10-8-19)12-13(11-17)16(22)18-14-3-5-15(6-4-14)21(23)24/h3-6,12H,2,7-10H2,1H3,(H,18,22)/b13-12-. The molecule has 1 heterocycles. The summed E-state index contributed by atoms with van der Waals surface area (Å²) in [6.07, 6.45) is 1.58. The maximum atomic E-state index is 12.2. The van der Waals surface area contributed by atoms with Crippen molar-refractivity contribution in [2.24, 2.45) is 0 Å². The normalized spacial score (nSPS) is 15.7. The number of nitrogens with zero attached hydrogens (tertiary/aromatic N) is 4. The maximum Gasteiger partial charge on any atom is 0.269 e. The van der Waals surface area contributed by atoms with Gasteiger partial charge < -0.3 is 15.1 Å². The number of rotatable bonds is 5. The molecule has 0 bridgehead atoms. The van der Waals surface area contributed by atoms with Crippen molar-refractivity contribution in [3.05, 3.63) is 46.2 Å². The molecule has 8 nitrogen and oxygen atoms in total. The summed E-state index contributed by atoms with van der Waals surface area (Å²) in [5.74, 6) is -0.524. The minimum absolute atomic E-state index is 0.0123. The fourth-order valence-electron chi connectivity index (χ4n) is 2.39. The third-order valence-electron chi connectivity index (χ3n) is 3.87. The first kappa shape index (κ1) is 17.4. The summed E-state index contributed by atoms with van der Waals surface area (Å²) in [6, 6.07) is 7.38. The molecule has 0 radical (unpaired) electrons. The largest absolute Gasteiger partial charge is 0.374 e. The lowest BCUT2D eigenvalue weighted by atomic mass is 10.2. The molecule has 1 fully saturated rings. The predicted octanol–water partition coefficient (Wildman–Crippen LogP) is 1.58. The van der Waals surface area contributed by atoms with Crippen LogP contribution in [0.1, 0.15) is 6.92 Å².